The molecule has 0 saturated carbocycles. The summed E-state index contributed by atoms with van der Waals surface area (Å²) in [6, 6.07) is 3.70. The second kappa shape index (κ2) is 4.90. The Balaban J connectivity index is 2.11. The van der Waals surface area contributed by atoms with Crippen molar-refractivity contribution in [1.29, 1.82) is 0 Å². The Morgan fingerprint density at radius 2 is 2.31 bits per heavy atom. The number of imidazole rings is 1. The lowest BCUT2D eigenvalue weighted by molar-refractivity contribution is 0.174. The Morgan fingerprint density at radius 1 is 1.44 bits per heavy atom. The Hall–Kier alpha value is -1.68. The van der Waals surface area contributed by atoms with Crippen LogP contribution in [0.1, 0.15) is 24.4 Å². The maximum absolute atomic E-state index is 10.0. The third-order valence-electron chi connectivity index (χ3n) is 2.59. The predicted molar refractivity (Wildman–Crippen MR) is 60.8 cm³/mol. The zero-order valence-corrected chi connectivity index (χ0v) is 9.24. The number of aliphatic hydroxyl groups excluding tert-OH is 1. The van der Waals surface area contributed by atoms with Crippen LogP contribution in [0.5, 0.6) is 0 Å². The summed E-state index contributed by atoms with van der Waals surface area (Å²) in [7, 11) is 0. The predicted octanol–water partition coefficient (Wildman–Crippen LogP) is 1.57. The standard InChI is InChI=1S/C12H15N3O/c1-2-15-7-6-14-12(15)8-11(16)10-4-3-5-13-9-10/h3-7,9,11,16H,2,8H2,1H3. The maximum atomic E-state index is 10.0. The van der Waals surface area contributed by atoms with E-state index < -0.39 is 6.10 Å². The molecule has 0 aliphatic rings. The van der Waals surface area contributed by atoms with Gasteiger partial charge in [-0.25, -0.2) is 4.98 Å². The lowest BCUT2D eigenvalue weighted by Crippen LogP contribution is -2.08. The molecule has 1 N–H and O–H groups in total. The average molecular weight is 217 g/mol. The Labute approximate surface area is 94.6 Å². The monoisotopic (exact) mass is 217 g/mol. The van der Waals surface area contributed by atoms with Crippen molar-refractivity contribution in [3.8, 4) is 0 Å². The Kier molecular flexibility index (Phi) is 3.31. The molecule has 2 aromatic heterocycles. The molecule has 4 nitrogen and oxygen atoms in total. The molecule has 0 aliphatic carbocycles. The Morgan fingerprint density at radius 3 is 3.00 bits per heavy atom. The summed E-state index contributed by atoms with van der Waals surface area (Å²) in [6.07, 6.45) is 7.04. The van der Waals surface area contributed by atoms with Crippen molar-refractivity contribution < 1.29 is 5.11 Å². The van der Waals surface area contributed by atoms with E-state index in [1.165, 1.54) is 0 Å². The molecular formula is C12H15N3O. The zero-order chi connectivity index (χ0) is 11.4. The van der Waals surface area contributed by atoms with Gasteiger partial charge in [0.2, 0.25) is 0 Å². The molecule has 0 aliphatic heterocycles. The summed E-state index contributed by atoms with van der Waals surface area (Å²) in [4.78, 5) is 8.23. The number of hydrogen-bond donors (Lipinski definition) is 1. The topological polar surface area (TPSA) is 50.9 Å². The summed E-state index contributed by atoms with van der Waals surface area (Å²) in [5, 5.41) is 10.0. The van der Waals surface area contributed by atoms with E-state index in [1.54, 1.807) is 18.6 Å². The molecule has 0 spiro atoms. The smallest absolute Gasteiger partial charge is 0.111 e. The summed E-state index contributed by atoms with van der Waals surface area (Å²) in [5.41, 5.74) is 0.827. The van der Waals surface area contributed by atoms with Crippen LogP contribution in [-0.2, 0) is 13.0 Å². The summed E-state index contributed by atoms with van der Waals surface area (Å²) in [5.74, 6) is 0.902. The summed E-state index contributed by atoms with van der Waals surface area (Å²) in [6.45, 7) is 2.93. The third-order valence-corrected chi connectivity index (χ3v) is 2.59. The SMILES string of the molecule is CCn1ccnc1CC(O)c1cccnc1. The van der Waals surface area contributed by atoms with Gasteiger partial charge in [0, 0.05) is 37.8 Å². The van der Waals surface area contributed by atoms with Crippen LogP contribution in [-0.4, -0.2) is 19.6 Å². The van der Waals surface area contributed by atoms with Gasteiger partial charge in [-0.05, 0) is 18.6 Å². The van der Waals surface area contributed by atoms with Gasteiger partial charge in [-0.3, -0.25) is 4.98 Å². The molecule has 1 unspecified atom stereocenters. The molecule has 84 valence electrons. The lowest BCUT2D eigenvalue weighted by Gasteiger charge is -2.11. The molecule has 0 aromatic carbocycles. The molecule has 0 fully saturated rings. The Bertz CT molecular complexity index is 439. The van der Waals surface area contributed by atoms with E-state index >= 15 is 0 Å². The van der Waals surface area contributed by atoms with Crippen LogP contribution in [0.4, 0.5) is 0 Å². The van der Waals surface area contributed by atoms with Crippen LogP contribution >= 0.6 is 0 Å². The van der Waals surface area contributed by atoms with Gasteiger partial charge in [-0.1, -0.05) is 6.07 Å². The van der Waals surface area contributed by atoms with Gasteiger partial charge in [0.1, 0.15) is 5.82 Å². The van der Waals surface area contributed by atoms with Gasteiger partial charge >= 0.3 is 0 Å². The van der Waals surface area contributed by atoms with E-state index in [1.807, 2.05) is 22.9 Å². The molecule has 4 heteroatoms. The number of rotatable bonds is 4. The number of pyridine rings is 1. The van der Waals surface area contributed by atoms with Gasteiger partial charge in [0.25, 0.3) is 0 Å². The van der Waals surface area contributed by atoms with E-state index in [0.29, 0.717) is 6.42 Å². The van der Waals surface area contributed by atoms with E-state index in [4.69, 9.17) is 0 Å². The number of aliphatic hydroxyl groups is 1. The highest BCUT2D eigenvalue weighted by molar-refractivity contribution is 5.13. The second-order valence-electron chi connectivity index (χ2n) is 3.64. The summed E-state index contributed by atoms with van der Waals surface area (Å²) < 4.78 is 2.03. The maximum Gasteiger partial charge on any atom is 0.111 e. The first-order valence-corrected chi connectivity index (χ1v) is 5.39. The molecule has 0 bridgehead atoms. The fourth-order valence-electron chi connectivity index (χ4n) is 1.68. The molecule has 16 heavy (non-hydrogen) atoms. The van der Waals surface area contributed by atoms with E-state index in [0.717, 1.165) is 17.9 Å². The minimum Gasteiger partial charge on any atom is -0.388 e. The molecule has 1 atom stereocenters. The first-order chi connectivity index (χ1) is 7.81. The van der Waals surface area contributed by atoms with Crippen molar-refractivity contribution in [2.75, 3.05) is 0 Å². The lowest BCUT2D eigenvalue weighted by atomic mass is 10.1. The molecular weight excluding hydrogens is 202 g/mol. The quantitative estimate of drug-likeness (QED) is 0.845. The fraction of sp³-hybridized carbons (Fsp3) is 0.333. The number of aromatic nitrogens is 3. The molecule has 2 heterocycles. The molecule has 0 amide bonds. The highest BCUT2D eigenvalue weighted by Gasteiger charge is 2.11. The van der Waals surface area contributed by atoms with Crippen LogP contribution in [0.15, 0.2) is 36.9 Å². The molecule has 0 saturated heterocycles. The van der Waals surface area contributed by atoms with Gasteiger partial charge in [0.15, 0.2) is 0 Å². The van der Waals surface area contributed by atoms with E-state index in [-0.39, 0.29) is 0 Å². The largest absolute Gasteiger partial charge is 0.388 e. The minimum absolute atomic E-state index is 0.520. The normalized spacial score (nSPS) is 12.6. The first-order valence-electron chi connectivity index (χ1n) is 5.39. The van der Waals surface area contributed by atoms with Crippen molar-refractivity contribution in [3.63, 3.8) is 0 Å². The summed E-state index contributed by atoms with van der Waals surface area (Å²) >= 11 is 0. The highest BCUT2D eigenvalue weighted by atomic mass is 16.3. The highest BCUT2D eigenvalue weighted by Crippen LogP contribution is 2.16. The fourth-order valence-corrected chi connectivity index (χ4v) is 1.68. The first kappa shape index (κ1) is 10.8. The van der Waals surface area contributed by atoms with Crippen molar-refractivity contribution in [1.82, 2.24) is 14.5 Å². The van der Waals surface area contributed by atoms with Crippen LogP contribution in [0.3, 0.4) is 0 Å². The third kappa shape index (κ3) is 2.28. The molecule has 2 rings (SSSR count). The van der Waals surface area contributed by atoms with Crippen LogP contribution in [0.25, 0.3) is 0 Å². The second-order valence-corrected chi connectivity index (χ2v) is 3.64. The van der Waals surface area contributed by atoms with Crippen LogP contribution in [0.2, 0.25) is 0 Å². The zero-order valence-electron chi connectivity index (χ0n) is 9.24. The van der Waals surface area contributed by atoms with Gasteiger partial charge in [0.05, 0.1) is 6.10 Å². The number of aryl methyl sites for hydroxylation is 1. The van der Waals surface area contributed by atoms with Crippen molar-refractivity contribution in [3.05, 3.63) is 48.3 Å². The van der Waals surface area contributed by atoms with Crippen molar-refractivity contribution in [2.24, 2.45) is 0 Å². The number of hydrogen-bond acceptors (Lipinski definition) is 3. The van der Waals surface area contributed by atoms with Crippen molar-refractivity contribution >= 4 is 0 Å². The van der Waals surface area contributed by atoms with Gasteiger partial charge in [-0.2, -0.15) is 0 Å². The number of nitrogens with zero attached hydrogens (tertiary/aromatic N) is 3. The molecule has 2 aromatic rings. The molecule has 0 radical (unpaired) electrons. The van der Waals surface area contributed by atoms with Crippen molar-refractivity contribution in [2.45, 2.75) is 26.0 Å². The van der Waals surface area contributed by atoms with E-state index in [9.17, 15) is 5.11 Å². The average Bonchev–Trinajstić information content (AvgIpc) is 2.77. The van der Waals surface area contributed by atoms with Crippen LogP contribution in [0, 0.1) is 0 Å². The van der Waals surface area contributed by atoms with Gasteiger partial charge < -0.3 is 9.67 Å². The minimum atomic E-state index is -0.540. The van der Waals surface area contributed by atoms with E-state index in [2.05, 4.69) is 16.9 Å². The van der Waals surface area contributed by atoms with Crippen LogP contribution < -0.4 is 0 Å². The van der Waals surface area contributed by atoms with Gasteiger partial charge in [-0.15, -0.1) is 0 Å².